The fourth-order valence-corrected chi connectivity index (χ4v) is 5.02. The van der Waals surface area contributed by atoms with Gasteiger partial charge in [-0.2, -0.15) is 0 Å². The van der Waals surface area contributed by atoms with Crippen molar-refractivity contribution in [3.63, 3.8) is 0 Å². The Labute approximate surface area is 281 Å². The Bertz CT molecular complexity index is 1590. The molecular formula is C38H43N3O7. The molecule has 3 amide bonds. The molecule has 4 aromatic rings. The molecule has 0 unspecified atom stereocenters. The van der Waals surface area contributed by atoms with Crippen molar-refractivity contribution in [1.82, 2.24) is 10.6 Å². The summed E-state index contributed by atoms with van der Waals surface area (Å²) in [7, 11) is 0. The lowest BCUT2D eigenvalue weighted by Gasteiger charge is -2.33. The molecule has 4 aromatic carbocycles. The smallest absolute Gasteiger partial charge is 0.412 e. The molecule has 0 saturated heterocycles. The predicted molar refractivity (Wildman–Crippen MR) is 183 cm³/mol. The molecule has 10 nitrogen and oxygen atoms in total. The highest BCUT2D eigenvalue weighted by molar-refractivity contribution is 5.95. The third-order valence-electron chi connectivity index (χ3n) is 7.40. The highest BCUT2D eigenvalue weighted by atomic mass is 16.6. The van der Waals surface area contributed by atoms with Crippen LogP contribution in [-0.2, 0) is 28.9 Å². The second-order valence-corrected chi connectivity index (χ2v) is 12.5. The number of amides is 3. The SMILES string of the molecule is CC(C)(C)OC(=O)Nc1ccc(C(=O)N[C@@H](Cc2ccccc2)[C@@H](O)[C@@H](O)[C@H](Cc2ccccc2)NC(=O)OCc2ccccc2)cc1. The Morgan fingerprint density at radius 2 is 1.08 bits per heavy atom. The molecule has 0 aliphatic rings. The largest absolute Gasteiger partial charge is 0.445 e. The number of aliphatic hydroxyl groups is 2. The lowest BCUT2D eigenvalue weighted by Crippen LogP contribution is -2.57. The van der Waals surface area contributed by atoms with Gasteiger partial charge in [-0.25, -0.2) is 9.59 Å². The molecule has 0 aliphatic carbocycles. The summed E-state index contributed by atoms with van der Waals surface area (Å²) in [6.07, 6.45) is -3.98. The monoisotopic (exact) mass is 653 g/mol. The van der Waals surface area contributed by atoms with Gasteiger partial charge in [-0.3, -0.25) is 10.1 Å². The quantitative estimate of drug-likeness (QED) is 0.126. The van der Waals surface area contributed by atoms with Gasteiger partial charge in [0.15, 0.2) is 0 Å². The Hall–Kier alpha value is -5.19. The summed E-state index contributed by atoms with van der Waals surface area (Å²) < 4.78 is 10.7. The van der Waals surface area contributed by atoms with Crippen LogP contribution in [0, 0.1) is 0 Å². The van der Waals surface area contributed by atoms with Crippen LogP contribution in [0.2, 0.25) is 0 Å². The van der Waals surface area contributed by atoms with Crippen molar-refractivity contribution in [1.29, 1.82) is 0 Å². The van der Waals surface area contributed by atoms with Gasteiger partial charge in [0, 0.05) is 11.3 Å². The van der Waals surface area contributed by atoms with E-state index in [0.29, 0.717) is 5.69 Å². The molecule has 0 bridgehead atoms. The number of hydrogen-bond acceptors (Lipinski definition) is 7. The van der Waals surface area contributed by atoms with E-state index in [1.807, 2.05) is 91.0 Å². The number of alkyl carbamates (subject to hydrolysis) is 1. The normalized spacial score (nSPS) is 13.7. The molecule has 252 valence electrons. The number of carbonyl (C=O) groups excluding carboxylic acids is 3. The number of ether oxygens (including phenoxy) is 2. The van der Waals surface area contributed by atoms with Gasteiger partial charge in [-0.1, -0.05) is 91.0 Å². The first-order chi connectivity index (χ1) is 23.0. The molecule has 0 aliphatic heterocycles. The third-order valence-corrected chi connectivity index (χ3v) is 7.40. The average Bonchev–Trinajstić information content (AvgIpc) is 3.07. The lowest BCUT2D eigenvalue weighted by molar-refractivity contribution is -0.0230. The molecule has 0 saturated carbocycles. The molecule has 0 fully saturated rings. The van der Waals surface area contributed by atoms with E-state index in [-0.39, 0.29) is 25.0 Å². The van der Waals surface area contributed by atoms with E-state index in [4.69, 9.17) is 9.47 Å². The number of carbonyl (C=O) groups is 3. The zero-order valence-electron chi connectivity index (χ0n) is 27.3. The lowest BCUT2D eigenvalue weighted by atomic mass is 9.91. The molecular weight excluding hydrogens is 610 g/mol. The summed E-state index contributed by atoms with van der Waals surface area (Å²) in [5.74, 6) is -0.499. The Morgan fingerprint density at radius 1 is 0.625 bits per heavy atom. The first-order valence-electron chi connectivity index (χ1n) is 15.8. The molecule has 4 rings (SSSR count). The summed E-state index contributed by atoms with van der Waals surface area (Å²) in [5.41, 5.74) is 2.48. The van der Waals surface area contributed by atoms with Crippen LogP contribution in [-0.4, -0.2) is 58.2 Å². The van der Waals surface area contributed by atoms with Crippen LogP contribution in [0.3, 0.4) is 0 Å². The minimum absolute atomic E-state index is 0.0299. The molecule has 10 heteroatoms. The van der Waals surface area contributed by atoms with Crippen LogP contribution in [0.1, 0.15) is 47.8 Å². The van der Waals surface area contributed by atoms with Crippen LogP contribution in [0.15, 0.2) is 115 Å². The van der Waals surface area contributed by atoms with E-state index in [1.54, 1.807) is 32.9 Å². The molecule has 0 heterocycles. The maximum atomic E-state index is 13.4. The predicted octanol–water partition coefficient (Wildman–Crippen LogP) is 5.63. The molecule has 0 radical (unpaired) electrons. The maximum absolute atomic E-state index is 13.4. The van der Waals surface area contributed by atoms with Crippen molar-refractivity contribution >= 4 is 23.8 Å². The second-order valence-electron chi connectivity index (χ2n) is 12.5. The van der Waals surface area contributed by atoms with Gasteiger partial charge in [-0.15, -0.1) is 0 Å². The summed E-state index contributed by atoms with van der Waals surface area (Å²) in [6.45, 7) is 5.31. The highest BCUT2D eigenvalue weighted by Gasteiger charge is 2.35. The Balaban J connectivity index is 1.50. The molecule has 0 spiro atoms. The van der Waals surface area contributed by atoms with Crippen molar-refractivity contribution in [2.24, 2.45) is 0 Å². The summed E-state index contributed by atoms with van der Waals surface area (Å²) in [6, 6.07) is 32.0. The van der Waals surface area contributed by atoms with Crippen LogP contribution >= 0.6 is 0 Å². The van der Waals surface area contributed by atoms with E-state index in [2.05, 4.69) is 16.0 Å². The average molecular weight is 654 g/mol. The fraction of sp³-hybridized carbons (Fsp3) is 0.289. The minimum Gasteiger partial charge on any atom is -0.445 e. The van der Waals surface area contributed by atoms with Crippen molar-refractivity contribution in [3.05, 3.63) is 138 Å². The van der Waals surface area contributed by atoms with Gasteiger partial charge < -0.3 is 30.3 Å². The van der Waals surface area contributed by atoms with Crippen molar-refractivity contribution in [2.45, 2.75) is 70.1 Å². The summed E-state index contributed by atoms with van der Waals surface area (Å²) in [5, 5.41) is 31.4. The van der Waals surface area contributed by atoms with Crippen molar-refractivity contribution in [3.8, 4) is 0 Å². The van der Waals surface area contributed by atoms with E-state index >= 15 is 0 Å². The van der Waals surface area contributed by atoms with Gasteiger partial charge >= 0.3 is 12.2 Å². The van der Waals surface area contributed by atoms with E-state index in [0.717, 1.165) is 16.7 Å². The van der Waals surface area contributed by atoms with Crippen molar-refractivity contribution < 1.29 is 34.1 Å². The van der Waals surface area contributed by atoms with Gasteiger partial charge in [0.1, 0.15) is 24.4 Å². The number of benzene rings is 4. The Morgan fingerprint density at radius 3 is 1.56 bits per heavy atom. The van der Waals surface area contributed by atoms with Crippen molar-refractivity contribution in [2.75, 3.05) is 5.32 Å². The molecule has 4 atom stereocenters. The summed E-state index contributed by atoms with van der Waals surface area (Å²) >= 11 is 0. The van der Waals surface area contributed by atoms with E-state index in [1.165, 1.54) is 12.1 Å². The zero-order valence-corrected chi connectivity index (χ0v) is 27.3. The first kappa shape index (κ1) is 35.7. The zero-order chi connectivity index (χ0) is 34.5. The second kappa shape index (κ2) is 17.1. The Kier molecular flexibility index (Phi) is 12.7. The number of anilines is 1. The number of hydrogen-bond donors (Lipinski definition) is 5. The first-order valence-corrected chi connectivity index (χ1v) is 15.8. The highest BCUT2D eigenvalue weighted by Crippen LogP contribution is 2.17. The molecule has 48 heavy (non-hydrogen) atoms. The molecule has 0 aromatic heterocycles. The number of rotatable bonds is 13. The van der Waals surface area contributed by atoms with Crippen LogP contribution in [0.5, 0.6) is 0 Å². The number of nitrogens with one attached hydrogen (secondary N) is 3. The van der Waals surface area contributed by atoms with Gasteiger partial charge in [-0.05, 0) is 74.6 Å². The van der Waals surface area contributed by atoms with E-state index in [9.17, 15) is 24.6 Å². The topological polar surface area (TPSA) is 146 Å². The minimum atomic E-state index is -1.50. The summed E-state index contributed by atoms with van der Waals surface area (Å²) in [4.78, 5) is 38.5. The maximum Gasteiger partial charge on any atom is 0.412 e. The van der Waals surface area contributed by atoms with Gasteiger partial charge in [0.05, 0.1) is 12.1 Å². The van der Waals surface area contributed by atoms with Crippen LogP contribution < -0.4 is 16.0 Å². The number of aliphatic hydroxyl groups excluding tert-OH is 2. The van der Waals surface area contributed by atoms with Crippen LogP contribution in [0.4, 0.5) is 15.3 Å². The third kappa shape index (κ3) is 11.6. The van der Waals surface area contributed by atoms with Crippen LogP contribution in [0.25, 0.3) is 0 Å². The molecule has 5 N–H and O–H groups in total. The van der Waals surface area contributed by atoms with Gasteiger partial charge in [0.25, 0.3) is 5.91 Å². The van der Waals surface area contributed by atoms with E-state index < -0.39 is 48.0 Å². The van der Waals surface area contributed by atoms with Gasteiger partial charge in [0.2, 0.25) is 0 Å². The standard InChI is InChI=1S/C38H43N3O7/c1-38(2,3)48-37(46)39-30-21-19-29(20-22-30)35(44)40-31(23-26-13-7-4-8-14-26)33(42)34(43)32(24-27-15-9-5-10-16-27)41-36(45)47-25-28-17-11-6-12-18-28/h4-22,31-34,42-43H,23-25H2,1-3H3,(H,39,46)(H,40,44)(H,41,45)/t31-,32-,33+,34-/m0/s1. The fourth-order valence-electron chi connectivity index (χ4n) is 5.02.